The average Bonchev–Trinajstić information content (AvgIpc) is 2.55. The maximum Gasteiger partial charge on any atom is 0.166 e. The molecule has 0 radical (unpaired) electrons. The zero-order valence-corrected chi connectivity index (χ0v) is 13.4. The van der Waals surface area contributed by atoms with Gasteiger partial charge in [-0.2, -0.15) is 0 Å². The van der Waals surface area contributed by atoms with E-state index in [1.807, 2.05) is 30.3 Å². The Kier molecular flexibility index (Phi) is 4.06. The summed E-state index contributed by atoms with van der Waals surface area (Å²) in [7, 11) is 1.51. The van der Waals surface area contributed by atoms with Gasteiger partial charge in [0.05, 0.1) is 18.3 Å². The van der Waals surface area contributed by atoms with Crippen LogP contribution in [0.25, 0.3) is 10.9 Å². The number of hydrogen-bond acceptors (Lipinski definition) is 4. The Balaban J connectivity index is 1.97. The second kappa shape index (κ2) is 6.15. The van der Waals surface area contributed by atoms with E-state index in [1.54, 1.807) is 24.5 Å². The molecule has 1 aromatic heterocycles. The minimum absolute atomic E-state index is 0.0633. The van der Waals surface area contributed by atoms with E-state index in [9.17, 15) is 5.11 Å². The molecule has 22 heavy (non-hydrogen) atoms. The predicted molar refractivity (Wildman–Crippen MR) is 91.4 cm³/mol. The van der Waals surface area contributed by atoms with E-state index >= 15 is 0 Å². The van der Waals surface area contributed by atoms with Gasteiger partial charge in [-0.1, -0.05) is 28.1 Å². The van der Waals surface area contributed by atoms with Crippen molar-refractivity contribution in [1.29, 1.82) is 0 Å². The first-order chi connectivity index (χ1) is 10.7. The second-order valence-corrected chi connectivity index (χ2v) is 5.60. The van der Waals surface area contributed by atoms with Gasteiger partial charge in [-0.3, -0.25) is 9.98 Å². The third-order valence-electron chi connectivity index (χ3n) is 3.23. The molecule has 0 unspecified atom stereocenters. The lowest BCUT2D eigenvalue weighted by atomic mass is 10.2. The Morgan fingerprint density at radius 1 is 1.23 bits per heavy atom. The summed E-state index contributed by atoms with van der Waals surface area (Å²) in [6.45, 7) is 0. The molecular weight excluding hydrogens is 344 g/mol. The smallest absolute Gasteiger partial charge is 0.166 e. The van der Waals surface area contributed by atoms with Crippen molar-refractivity contribution >= 4 is 38.7 Å². The molecule has 3 rings (SSSR count). The van der Waals surface area contributed by atoms with Crippen LogP contribution in [0.15, 0.2) is 58.1 Å². The average molecular weight is 357 g/mol. The summed E-state index contributed by atoms with van der Waals surface area (Å²) in [5.41, 5.74) is 2.23. The van der Waals surface area contributed by atoms with Gasteiger partial charge in [0.15, 0.2) is 11.5 Å². The van der Waals surface area contributed by atoms with E-state index in [0.717, 1.165) is 21.1 Å². The van der Waals surface area contributed by atoms with Crippen LogP contribution in [0, 0.1) is 0 Å². The molecule has 0 aliphatic heterocycles. The number of nitrogens with zero attached hydrogens (tertiary/aromatic N) is 2. The fourth-order valence-electron chi connectivity index (χ4n) is 2.13. The Bertz CT molecular complexity index is 862. The van der Waals surface area contributed by atoms with Crippen LogP contribution < -0.4 is 4.74 Å². The summed E-state index contributed by atoms with van der Waals surface area (Å²) in [5.74, 6) is 0.462. The Labute approximate surface area is 136 Å². The minimum atomic E-state index is 0.0633. The molecule has 2 aromatic carbocycles. The van der Waals surface area contributed by atoms with Crippen LogP contribution in [-0.4, -0.2) is 23.4 Å². The molecule has 0 saturated heterocycles. The van der Waals surface area contributed by atoms with E-state index < -0.39 is 0 Å². The van der Waals surface area contributed by atoms with Gasteiger partial charge in [-0.15, -0.1) is 0 Å². The number of hydrogen-bond donors (Lipinski definition) is 1. The van der Waals surface area contributed by atoms with Gasteiger partial charge < -0.3 is 9.84 Å². The SMILES string of the molecule is COc1cc(Br)cc(C=Nc2ccc3cccnc3c2)c1O. The molecule has 0 aliphatic rings. The maximum atomic E-state index is 10.1. The molecule has 0 saturated carbocycles. The normalized spacial score (nSPS) is 11.2. The molecule has 0 aliphatic carbocycles. The first-order valence-corrected chi connectivity index (χ1v) is 7.42. The number of methoxy groups -OCH3 is 1. The number of benzene rings is 2. The number of pyridine rings is 1. The first-order valence-electron chi connectivity index (χ1n) is 6.63. The largest absolute Gasteiger partial charge is 0.504 e. The van der Waals surface area contributed by atoms with Crippen LogP contribution in [0.4, 0.5) is 5.69 Å². The van der Waals surface area contributed by atoms with Crippen LogP contribution in [0.3, 0.4) is 0 Å². The summed E-state index contributed by atoms with van der Waals surface area (Å²) < 4.78 is 5.93. The molecule has 110 valence electrons. The molecule has 0 amide bonds. The molecule has 1 heterocycles. The van der Waals surface area contributed by atoms with Crippen LogP contribution in [0.1, 0.15) is 5.56 Å². The lowest BCUT2D eigenvalue weighted by Gasteiger charge is -2.06. The van der Waals surface area contributed by atoms with Gasteiger partial charge in [0.2, 0.25) is 0 Å². The number of aromatic hydroxyl groups is 1. The van der Waals surface area contributed by atoms with Gasteiger partial charge in [0, 0.05) is 27.8 Å². The van der Waals surface area contributed by atoms with Crippen molar-refractivity contribution in [2.45, 2.75) is 0 Å². The minimum Gasteiger partial charge on any atom is -0.504 e. The summed E-state index contributed by atoms with van der Waals surface area (Å²) in [5, 5.41) is 11.2. The van der Waals surface area contributed by atoms with Crippen LogP contribution in [0.2, 0.25) is 0 Å². The third kappa shape index (κ3) is 2.94. The van der Waals surface area contributed by atoms with Crippen molar-refractivity contribution in [3.8, 4) is 11.5 Å². The summed E-state index contributed by atoms with van der Waals surface area (Å²) in [6, 6.07) is 13.2. The number of halogens is 1. The first kappa shape index (κ1) is 14.5. The number of aromatic nitrogens is 1. The Morgan fingerprint density at radius 2 is 2.09 bits per heavy atom. The Morgan fingerprint density at radius 3 is 2.91 bits per heavy atom. The highest BCUT2D eigenvalue weighted by atomic mass is 79.9. The van der Waals surface area contributed by atoms with Crippen molar-refractivity contribution in [3.05, 3.63) is 58.7 Å². The number of ether oxygens (including phenoxy) is 1. The second-order valence-electron chi connectivity index (χ2n) is 4.68. The fourth-order valence-corrected chi connectivity index (χ4v) is 2.58. The molecule has 0 spiro atoms. The zero-order chi connectivity index (χ0) is 15.5. The predicted octanol–water partition coefficient (Wildman–Crippen LogP) is 4.46. The van der Waals surface area contributed by atoms with Gasteiger partial charge in [0.1, 0.15) is 0 Å². The molecule has 5 heteroatoms. The molecule has 0 bridgehead atoms. The summed E-state index contributed by atoms with van der Waals surface area (Å²) >= 11 is 3.38. The standard InChI is InChI=1S/C17H13BrN2O2/c1-22-16-8-13(18)7-12(17(16)21)10-20-14-5-4-11-3-2-6-19-15(11)9-14/h2-10,21H,1H3. The van der Waals surface area contributed by atoms with Gasteiger partial charge in [-0.25, -0.2) is 0 Å². The van der Waals surface area contributed by atoms with Crippen LogP contribution >= 0.6 is 15.9 Å². The lowest BCUT2D eigenvalue weighted by molar-refractivity contribution is 0.373. The molecule has 4 nitrogen and oxygen atoms in total. The van der Waals surface area contributed by atoms with Crippen LogP contribution in [-0.2, 0) is 0 Å². The highest BCUT2D eigenvalue weighted by Gasteiger charge is 2.08. The van der Waals surface area contributed by atoms with Crippen LogP contribution in [0.5, 0.6) is 11.5 Å². The Hall–Kier alpha value is -2.40. The number of fused-ring (bicyclic) bond motifs is 1. The van der Waals surface area contributed by atoms with Crippen molar-refractivity contribution in [3.63, 3.8) is 0 Å². The van der Waals surface area contributed by atoms with Gasteiger partial charge in [-0.05, 0) is 30.3 Å². The zero-order valence-electron chi connectivity index (χ0n) is 11.8. The number of aliphatic imine (C=N–C) groups is 1. The maximum absolute atomic E-state index is 10.1. The summed E-state index contributed by atoms with van der Waals surface area (Å²) in [6.07, 6.45) is 3.35. The van der Waals surface area contributed by atoms with Crippen molar-refractivity contribution in [2.24, 2.45) is 4.99 Å². The summed E-state index contributed by atoms with van der Waals surface area (Å²) in [4.78, 5) is 8.71. The van der Waals surface area contributed by atoms with E-state index in [2.05, 4.69) is 25.9 Å². The fraction of sp³-hybridized carbons (Fsp3) is 0.0588. The van der Waals surface area contributed by atoms with Gasteiger partial charge in [0.25, 0.3) is 0 Å². The molecule has 0 fully saturated rings. The highest BCUT2D eigenvalue weighted by molar-refractivity contribution is 9.10. The lowest BCUT2D eigenvalue weighted by Crippen LogP contribution is -1.89. The van der Waals surface area contributed by atoms with E-state index in [1.165, 1.54) is 7.11 Å². The number of phenolic OH excluding ortho intramolecular Hbond substituents is 1. The third-order valence-corrected chi connectivity index (χ3v) is 3.69. The van der Waals surface area contributed by atoms with E-state index in [4.69, 9.17) is 4.74 Å². The quantitative estimate of drug-likeness (QED) is 0.704. The molecule has 1 N–H and O–H groups in total. The molecule has 3 aromatic rings. The van der Waals surface area contributed by atoms with Crippen molar-refractivity contribution in [2.75, 3.05) is 7.11 Å². The highest BCUT2D eigenvalue weighted by Crippen LogP contribution is 2.33. The number of rotatable bonds is 3. The topological polar surface area (TPSA) is 54.7 Å². The number of phenols is 1. The monoisotopic (exact) mass is 356 g/mol. The van der Waals surface area contributed by atoms with Gasteiger partial charge >= 0.3 is 0 Å². The van der Waals surface area contributed by atoms with Crippen molar-refractivity contribution < 1.29 is 9.84 Å². The van der Waals surface area contributed by atoms with E-state index in [0.29, 0.717) is 11.3 Å². The molecule has 0 atom stereocenters. The molecular formula is C17H13BrN2O2. The van der Waals surface area contributed by atoms with Crippen molar-refractivity contribution in [1.82, 2.24) is 4.98 Å². The van der Waals surface area contributed by atoms with E-state index in [-0.39, 0.29) is 5.75 Å².